The number of hydrogen-bond donors (Lipinski definition) is 2. The summed E-state index contributed by atoms with van der Waals surface area (Å²) in [5, 5.41) is 8.97. The van der Waals surface area contributed by atoms with Gasteiger partial charge >= 0.3 is 5.97 Å². The molecular weight excluding hydrogens is 270 g/mol. The molecule has 0 spiro atoms. The topological polar surface area (TPSA) is 101 Å². The van der Waals surface area contributed by atoms with Gasteiger partial charge in [-0.1, -0.05) is 6.42 Å². The van der Waals surface area contributed by atoms with E-state index in [4.69, 9.17) is 5.11 Å². The SMILES string of the molecule is CCn1cnc(S(=O)(=O)NC2CCCC2C(=O)O)c1. The summed E-state index contributed by atoms with van der Waals surface area (Å²) in [5.41, 5.74) is 0. The van der Waals surface area contributed by atoms with Crippen LogP contribution in [0, 0.1) is 5.92 Å². The van der Waals surface area contributed by atoms with Crippen molar-refractivity contribution in [2.75, 3.05) is 0 Å². The fraction of sp³-hybridized carbons (Fsp3) is 0.636. The van der Waals surface area contributed by atoms with Crippen LogP contribution in [-0.2, 0) is 21.4 Å². The van der Waals surface area contributed by atoms with Crippen LogP contribution in [0.15, 0.2) is 17.6 Å². The van der Waals surface area contributed by atoms with Crippen molar-refractivity contribution in [3.63, 3.8) is 0 Å². The van der Waals surface area contributed by atoms with E-state index < -0.39 is 28.0 Å². The lowest BCUT2D eigenvalue weighted by Crippen LogP contribution is -2.40. The molecule has 2 atom stereocenters. The Hall–Kier alpha value is -1.41. The lowest BCUT2D eigenvalue weighted by Gasteiger charge is -2.16. The summed E-state index contributed by atoms with van der Waals surface area (Å²) in [6.45, 7) is 2.51. The molecule has 2 rings (SSSR count). The van der Waals surface area contributed by atoms with Crippen molar-refractivity contribution in [1.82, 2.24) is 14.3 Å². The van der Waals surface area contributed by atoms with Gasteiger partial charge in [0.2, 0.25) is 0 Å². The summed E-state index contributed by atoms with van der Waals surface area (Å²) in [4.78, 5) is 14.9. The van der Waals surface area contributed by atoms with E-state index >= 15 is 0 Å². The molecule has 0 saturated heterocycles. The number of aryl methyl sites for hydroxylation is 1. The Balaban J connectivity index is 2.15. The number of aromatic nitrogens is 2. The standard InChI is InChI=1S/C11H17N3O4S/c1-2-14-6-10(12-7-14)19(17,18)13-9-5-3-4-8(9)11(15)16/h6-9,13H,2-5H2,1H3,(H,15,16). The molecule has 7 nitrogen and oxygen atoms in total. The molecule has 1 saturated carbocycles. The van der Waals surface area contributed by atoms with E-state index in [9.17, 15) is 13.2 Å². The second-order valence-electron chi connectivity index (χ2n) is 4.65. The highest BCUT2D eigenvalue weighted by Crippen LogP contribution is 2.27. The summed E-state index contributed by atoms with van der Waals surface area (Å²) in [6, 6.07) is -0.547. The highest BCUT2D eigenvalue weighted by molar-refractivity contribution is 7.89. The predicted octanol–water partition coefficient (Wildman–Crippen LogP) is 0.435. The van der Waals surface area contributed by atoms with E-state index in [-0.39, 0.29) is 5.03 Å². The third-order valence-corrected chi connectivity index (χ3v) is 4.76. The molecule has 0 aromatic carbocycles. The van der Waals surface area contributed by atoms with Crippen LogP contribution in [0.1, 0.15) is 26.2 Å². The largest absolute Gasteiger partial charge is 0.481 e. The van der Waals surface area contributed by atoms with Gasteiger partial charge < -0.3 is 9.67 Å². The van der Waals surface area contributed by atoms with Crippen molar-refractivity contribution < 1.29 is 18.3 Å². The first-order chi connectivity index (χ1) is 8.94. The Morgan fingerprint density at radius 3 is 2.89 bits per heavy atom. The van der Waals surface area contributed by atoms with Gasteiger partial charge in [0.1, 0.15) is 0 Å². The van der Waals surface area contributed by atoms with Gasteiger partial charge in [-0.2, -0.15) is 0 Å². The van der Waals surface area contributed by atoms with Crippen molar-refractivity contribution in [3.8, 4) is 0 Å². The van der Waals surface area contributed by atoms with E-state index in [1.807, 2.05) is 6.92 Å². The molecule has 1 aromatic heterocycles. The molecule has 0 radical (unpaired) electrons. The molecule has 1 fully saturated rings. The fourth-order valence-corrected chi connectivity index (χ4v) is 3.57. The van der Waals surface area contributed by atoms with Gasteiger partial charge in [0.15, 0.2) is 5.03 Å². The number of rotatable bonds is 5. The number of aliphatic carboxylic acids is 1. The van der Waals surface area contributed by atoms with Crippen molar-refractivity contribution in [2.24, 2.45) is 5.92 Å². The number of imidazole rings is 1. The van der Waals surface area contributed by atoms with Crippen LogP contribution in [0.5, 0.6) is 0 Å². The summed E-state index contributed by atoms with van der Waals surface area (Å²) in [6.07, 6.45) is 4.65. The maximum atomic E-state index is 12.1. The first-order valence-corrected chi connectivity index (χ1v) is 7.69. The zero-order valence-electron chi connectivity index (χ0n) is 10.6. The van der Waals surface area contributed by atoms with Crippen LogP contribution in [0.2, 0.25) is 0 Å². The molecule has 1 aliphatic carbocycles. The van der Waals surface area contributed by atoms with Crippen molar-refractivity contribution in [3.05, 3.63) is 12.5 Å². The van der Waals surface area contributed by atoms with Gasteiger partial charge in [0.05, 0.1) is 12.2 Å². The Morgan fingerprint density at radius 1 is 1.58 bits per heavy atom. The second kappa shape index (κ2) is 5.30. The minimum Gasteiger partial charge on any atom is -0.481 e. The molecule has 0 bridgehead atoms. The first kappa shape index (κ1) is 14.0. The number of sulfonamides is 1. The normalized spacial score (nSPS) is 23.6. The number of hydrogen-bond acceptors (Lipinski definition) is 4. The number of carboxylic acid groups (broad SMARTS) is 1. The summed E-state index contributed by atoms with van der Waals surface area (Å²) < 4.78 is 28.3. The molecule has 8 heteroatoms. The smallest absolute Gasteiger partial charge is 0.308 e. The molecule has 106 valence electrons. The maximum Gasteiger partial charge on any atom is 0.308 e. The maximum absolute atomic E-state index is 12.1. The number of carboxylic acids is 1. The molecule has 19 heavy (non-hydrogen) atoms. The van der Waals surface area contributed by atoms with Gasteiger partial charge in [-0.15, -0.1) is 0 Å². The Labute approximate surface area is 111 Å². The Bertz CT molecular complexity index is 566. The highest BCUT2D eigenvalue weighted by Gasteiger charge is 2.36. The quantitative estimate of drug-likeness (QED) is 0.818. The van der Waals surface area contributed by atoms with E-state index in [0.717, 1.165) is 0 Å². The lowest BCUT2D eigenvalue weighted by atomic mass is 10.1. The predicted molar refractivity (Wildman–Crippen MR) is 67.0 cm³/mol. The van der Waals surface area contributed by atoms with E-state index in [1.54, 1.807) is 4.57 Å². The molecule has 0 amide bonds. The van der Waals surface area contributed by atoms with Gasteiger partial charge in [0.25, 0.3) is 10.0 Å². The van der Waals surface area contributed by atoms with Gasteiger partial charge in [0, 0.05) is 18.8 Å². The minimum absolute atomic E-state index is 0.0645. The van der Waals surface area contributed by atoms with Crippen molar-refractivity contribution in [1.29, 1.82) is 0 Å². The van der Waals surface area contributed by atoms with Gasteiger partial charge in [-0.05, 0) is 19.8 Å². The van der Waals surface area contributed by atoms with Gasteiger partial charge in [-0.3, -0.25) is 4.79 Å². The lowest BCUT2D eigenvalue weighted by molar-refractivity contribution is -0.141. The van der Waals surface area contributed by atoms with Crippen LogP contribution in [0.4, 0.5) is 0 Å². The van der Waals surface area contributed by atoms with E-state index in [2.05, 4.69) is 9.71 Å². The molecule has 1 heterocycles. The molecule has 2 N–H and O–H groups in total. The monoisotopic (exact) mass is 287 g/mol. The van der Waals surface area contributed by atoms with Crippen LogP contribution in [0.25, 0.3) is 0 Å². The van der Waals surface area contributed by atoms with Gasteiger partial charge in [-0.25, -0.2) is 18.1 Å². The molecule has 1 aliphatic rings. The molecular formula is C11H17N3O4S. The number of carbonyl (C=O) groups is 1. The zero-order valence-corrected chi connectivity index (χ0v) is 11.4. The van der Waals surface area contributed by atoms with Crippen LogP contribution >= 0.6 is 0 Å². The van der Waals surface area contributed by atoms with Crippen LogP contribution < -0.4 is 4.72 Å². The van der Waals surface area contributed by atoms with E-state index in [0.29, 0.717) is 25.8 Å². The summed E-state index contributed by atoms with van der Waals surface area (Å²) in [7, 11) is -3.74. The third-order valence-electron chi connectivity index (χ3n) is 3.39. The van der Waals surface area contributed by atoms with Crippen molar-refractivity contribution in [2.45, 2.75) is 43.8 Å². The van der Waals surface area contributed by atoms with Crippen LogP contribution in [-0.4, -0.2) is 35.1 Å². The molecule has 2 unspecified atom stereocenters. The minimum atomic E-state index is -3.74. The number of nitrogens with one attached hydrogen (secondary N) is 1. The Kier molecular flexibility index (Phi) is 3.91. The summed E-state index contributed by atoms with van der Waals surface area (Å²) in [5.74, 6) is -1.60. The molecule has 1 aromatic rings. The summed E-state index contributed by atoms with van der Waals surface area (Å²) >= 11 is 0. The Morgan fingerprint density at radius 2 is 2.32 bits per heavy atom. The average Bonchev–Trinajstić information content (AvgIpc) is 2.95. The fourth-order valence-electron chi connectivity index (χ4n) is 2.31. The van der Waals surface area contributed by atoms with Crippen LogP contribution in [0.3, 0.4) is 0 Å². The molecule has 0 aliphatic heterocycles. The second-order valence-corrected chi connectivity index (χ2v) is 6.31. The first-order valence-electron chi connectivity index (χ1n) is 6.21. The van der Waals surface area contributed by atoms with E-state index in [1.165, 1.54) is 12.5 Å². The van der Waals surface area contributed by atoms with Crippen molar-refractivity contribution >= 4 is 16.0 Å². The zero-order chi connectivity index (χ0) is 14.0. The highest BCUT2D eigenvalue weighted by atomic mass is 32.2. The average molecular weight is 287 g/mol. The number of nitrogens with zero attached hydrogens (tertiary/aromatic N) is 2. The third kappa shape index (κ3) is 2.95.